The van der Waals surface area contributed by atoms with Gasteiger partial charge in [0.15, 0.2) is 0 Å². The first-order valence-corrected chi connectivity index (χ1v) is 10.9. The van der Waals surface area contributed by atoms with Gasteiger partial charge in [0, 0.05) is 56.0 Å². The average Bonchev–Trinajstić information content (AvgIpc) is 3.15. The minimum Gasteiger partial charge on any atom is -0.495 e. The fourth-order valence-corrected chi connectivity index (χ4v) is 5.53. The van der Waals surface area contributed by atoms with Crippen LogP contribution in [0.1, 0.15) is 24.5 Å². The van der Waals surface area contributed by atoms with E-state index in [-0.39, 0.29) is 41.5 Å². The Kier molecular flexibility index (Phi) is 5.01. The maximum atomic E-state index is 13.3. The zero-order valence-corrected chi connectivity index (χ0v) is 18.0. The Bertz CT molecular complexity index is 1110. The molecule has 31 heavy (non-hydrogen) atoms. The van der Waals surface area contributed by atoms with Gasteiger partial charge in [0.05, 0.1) is 18.1 Å². The molecule has 1 aromatic heterocycles. The summed E-state index contributed by atoms with van der Waals surface area (Å²) in [5.74, 6) is 0.558. The lowest BCUT2D eigenvalue weighted by Crippen LogP contribution is -2.50. The summed E-state index contributed by atoms with van der Waals surface area (Å²) in [6.07, 6.45) is 1.19. The van der Waals surface area contributed by atoms with Crippen LogP contribution in [0.3, 0.4) is 0 Å². The number of carbonyl (C=O) groups excluding carboxylic acids is 2. The molecule has 0 radical (unpaired) electrons. The minimum absolute atomic E-state index is 0.0249. The lowest BCUT2D eigenvalue weighted by Gasteiger charge is -2.43. The molecule has 3 aliphatic rings. The normalized spacial score (nSPS) is 24.8. The second-order valence-corrected chi connectivity index (χ2v) is 9.07. The van der Waals surface area contributed by atoms with Crippen LogP contribution >= 0.6 is 11.6 Å². The van der Waals surface area contributed by atoms with E-state index < -0.39 is 0 Å². The molecule has 1 aromatic carbocycles. The molecule has 3 atom stereocenters. The molecule has 0 saturated carbocycles. The second-order valence-electron chi connectivity index (χ2n) is 8.67. The lowest BCUT2D eigenvalue weighted by molar-refractivity contribution is -0.138. The SMILES string of the molecule is COc1ccc(N2C[C@@H](C(=O)N3C[C@H]4C[C@H](C3)c3cccc(=O)n3C4)CC2=O)cc1Cl. The number of pyridine rings is 1. The molecule has 3 aliphatic heterocycles. The first-order chi connectivity index (χ1) is 14.9. The molecule has 0 spiro atoms. The van der Waals surface area contributed by atoms with Gasteiger partial charge in [0.2, 0.25) is 11.8 Å². The molecule has 4 heterocycles. The molecular formula is C23H24ClN3O4. The van der Waals surface area contributed by atoms with E-state index in [2.05, 4.69) is 0 Å². The van der Waals surface area contributed by atoms with Crippen LogP contribution in [0.15, 0.2) is 41.2 Å². The fraction of sp³-hybridized carbons (Fsp3) is 0.435. The number of methoxy groups -OCH3 is 1. The molecule has 5 rings (SSSR count). The highest BCUT2D eigenvalue weighted by molar-refractivity contribution is 6.32. The quantitative estimate of drug-likeness (QED) is 0.733. The van der Waals surface area contributed by atoms with Crippen molar-refractivity contribution in [3.63, 3.8) is 0 Å². The Morgan fingerprint density at radius 2 is 1.94 bits per heavy atom. The third-order valence-electron chi connectivity index (χ3n) is 6.71. The highest BCUT2D eigenvalue weighted by Crippen LogP contribution is 2.37. The van der Waals surface area contributed by atoms with Crippen molar-refractivity contribution < 1.29 is 14.3 Å². The van der Waals surface area contributed by atoms with E-state index in [1.807, 2.05) is 15.5 Å². The highest BCUT2D eigenvalue weighted by Gasteiger charge is 2.41. The number of rotatable bonds is 3. The van der Waals surface area contributed by atoms with Crippen molar-refractivity contribution in [2.24, 2.45) is 11.8 Å². The predicted octanol–water partition coefficient (Wildman–Crippen LogP) is 2.51. The van der Waals surface area contributed by atoms with Crippen molar-refractivity contribution in [3.05, 3.63) is 57.5 Å². The van der Waals surface area contributed by atoms with E-state index in [0.29, 0.717) is 42.6 Å². The molecule has 2 aromatic rings. The van der Waals surface area contributed by atoms with Crippen LogP contribution in [-0.4, -0.2) is 48.0 Å². The average molecular weight is 442 g/mol. The second kappa shape index (κ2) is 7.71. The topological polar surface area (TPSA) is 71.8 Å². The summed E-state index contributed by atoms with van der Waals surface area (Å²) in [5.41, 5.74) is 1.72. The number of carbonyl (C=O) groups is 2. The van der Waals surface area contributed by atoms with Crippen LogP contribution in [0.2, 0.25) is 5.02 Å². The number of amides is 2. The van der Waals surface area contributed by atoms with Gasteiger partial charge < -0.3 is 19.1 Å². The van der Waals surface area contributed by atoms with Gasteiger partial charge >= 0.3 is 0 Å². The molecular weight excluding hydrogens is 418 g/mol. The van der Waals surface area contributed by atoms with E-state index in [1.54, 1.807) is 42.3 Å². The molecule has 2 amide bonds. The number of hydrogen-bond donors (Lipinski definition) is 0. The number of benzene rings is 1. The maximum Gasteiger partial charge on any atom is 0.250 e. The largest absolute Gasteiger partial charge is 0.495 e. The number of fused-ring (bicyclic) bond motifs is 4. The summed E-state index contributed by atoms with van der Waals surface area (Å²) in [4.78, 5) is 41.8. The molecule has 2 bridgehead atoms. The molecule has 8 heteroatoms. The van der Waals surface area contributed by atoms with E-state index in [4.69, 9.17) is 16.3 Å². The maximum absolute atomic E-state index is 13.3. The molecule has 2 saturated heterocycles. The van der Waals surface area contributed by atoms with Crippen LogP contribution in [0.5, 0.6) is 5.75 Å². The van der Waals surface area contributed by atoms with Gasteiger partial charge in [-0.2, -0.15) is 0 Å². The van der Waals surface area contributed by atoms with Crippen LogP contribution in [0, 0.1) is 11.8 Å². The van der Waals surface area contributed by atoms with Crippen LogP contribution in [0.25, 0.3) is 0 Å². The number of ether oxygens (including phenoxy) is 1. The fourth-order valence-electron chi connectivity index (χ4n) is 5.28. The van der Waals surface area contributed by atoms with Gasteiger partial charge in [0.25, 0.3) is 5.56 Å². The van der Waals surface area contributed by atoms with Crippen LogP contribution in [-0.2, 0) is 16.1 Å². The van der Waals surface area contributed by atoms with Gasteiger partial charge in [-0.15, -0.1) is 0 Å². The third kappa shape index (κ3) is 3.51. The van der Waals surface area contributed by atoms with E-state index in [1.165, 1.54) is 0 Å². The van der Waals surface area contributed by atoms with Gasteiger partial charge in [0.1, 0.15) is 5.75 Å². The summed E-state index contributed by atoms with van der Waals surface area (Å²) < 4.78 is 7.04. The van der Waals surface area contributed by atoms with Crippen LogP contribution in [0.4, 0.5) is 5.69 Å². The number of piperidine rings is 1. The third-order valence-corrected chi connectivity index (χ3v) is 7.01. The Hall–Kier alpha value is -2.80. The zero-order valence-electron chi connectivity index (χ0n) is 17.3. The number of aromatic nitrogens is 1. The summed E-state index contributed by atoms with van der Waals surface area (Å²) in [6, 6.07) is 10.6. The smallest absolute Gasteiger partial charge is 0.250 e. The number of anilines is 1. The molecule has 2 fully saturated rings. The number of nitrogens with zero attached hydrogens (tertiary/aromatic N) is 3. The minimum atomic E-state index is -0.370. The van der Waals surface area contributed by atoms with Gasteiger partial charge in [-0.1, -0.05) is 17.7 Å². The number of likely N-dealkylation sites (tertiary alicyclic amines) is 1. The van der Waals surface area contributed by atoms with Crippen molar-refractivity contribution in [2.75, 3.05) is 31.6 Å². The highest BCUT2D eigenvalue weighted by atomic mass is 35.5. The van der Waals surface area contributed by atoms with Crippen molar-refractivity contribution >= 4 is 29.1 Å². The van der Waals surface area contributed by atoms with Crippen molar-refractivity contribution in [1.82, 2.24) is 9.47 Å². The zero-order chi connectivity index (χ0) is 21.7. The number of halogens is 1. The molecule has 7 nitrogen and oxygen atoms in total. The van der Waals surface area contributed by atoms with Gasteiger partial charge in [-0.3, -0.25) is 14.4 Å². The van der Waals surface area contributed by atoms with Crippen LogP contribution < -0.4 is 15.2 Å². The lowest BCUT2D eigenvalue weighted by atomic mass is 9.82. The van der Waals surface area contributed by atoms with Gasteiger partial charge in [-0.05, 0) is 36.6 Å². The van der Waals surface area contributed by atoms with E-state index >= 15 is 0 Å². The first kappa shape index (κ1) is 20.1. The number of hydrogen-bond acceptors (Lipinski definition) is 4. The molecule has 162 valence electrons. The Morgan fingerprint density at radius 1 is 1.10 bits per heavy atom. The van der Waals surface area contributed by atoms with Gasteiger partial charge in [-0.25, -0.2) is 0 Å². The Morgan fingerprint density at radius 3 is 2.71 bits per heavy atom. The summed E-state index contributed by atoms with van der Waals surface area (Å²) in [5, 5.41) is 0.431. The summed E-state index contributed by atoms with van der Waals surface area (Å²) in [6.45, 7) is 2.23. The van der Waals surface area contributed by atoms with E-state index in [9.17, 15) is 14.4 Å². The summed E-state index contributed by atoms with van der Waals surface area (Å²) in [7, 11) is 1.54. The molecule has 0 N–H and O–H groups in total. The van der Waals surface area contributed by atoms with E-state index in [0.717, 1.165) is 12.1 Å². The monoisotopic (exact) mass is 441 g/mol. The van der Waals surface area contributed by atoms with Crippen molar-refractivity contribution in [1.29, 1.82) is 0 Å². The first-order valence-electron chi connectivity index (χ1n) is 10.6. The van der Waals surface area contributed by atoms with Crippen molar-refractivity contribution in [2.45, 2.75) is 25.3 Å². The Balaban J connectivity index is 1.32. The van der Waals surface area contributed by atoms with Crippen molar-refractivity contribution in [3.8, 4) is 5.75 Å². The standard InChI is InChI=1S/C23H24ClN3O4/c1-31-20-6-5-17(9-18(20)24)26-13-16(8-22(26)29)23(30)25-10-14-7-15(12-25)19-3-2-4-21(28)27(19)11-14/h2-6,9,14-16H,7-8,10-13H2,1H3/t14-,15-,16+/m1/s1. The summed E-state index contributed by atoms with van der Waals surface area (Å²) >= 11 is 6.22. The molecule has 0 unspecified atom stereocenters. The molecule has 0 aliphatic carbocycles. The Labute approximate surface area is 185 Å². The predicted molar refractivity (Wildman–Crippen MR) is 117 cm³/mol.